The summed E-state index contributed by atoms with van der Waals surface area (Å²) in [5.74, 6) is -1.44. The van der Waals surface area contributed by atoms with Crippen molar-refractivity contribution in [3.8, 4) is 27.4 Å². The van der Waals surface area contributed by atoms with E-state index in [0.717, 1.165) is 11.3 Å². The summed E-state index contributed by atoms with van der Waals surface area (Å²) in [5, 5.41) is 10.8. The van der Waals surface area contributed by atoms with E-state index in [1.54, 1.807) is 30.3 Å². The minimum atomic E-state index is -4.79. The highest BCUT2D eigenvalue weighted by molar-refractivity contribution is 7.13. The first-order valence-corrected chi connectivity index (χ1v) is 7.86. The normalized spacial score (nSPS) is 11.3. The van der Waals surface area contributed by atoms with E-state index in [0.29, 0.717) is 16.1 Å². The highest BCUT2D eigenvalue weighted by atomic mass is 32.1. The predicted octanol–water partition coefficient (Wildman–Crippen LogP) is 5.07. The quantitative estimate of drug-likeness (QED) is 0.701. The number of hydrogen-bond acceptors (Lipinski definition) is 4. The van der Waals surface area contributed by atoms with Crippen LogP contribution >= 0.6 is 11.3 Å². The van der Waals surface area contributed by atoms with Gasteiger partial charge in [-0.05, 0) is 17.7 Å². The van der Waals surface area contributed by atoms with Gasteiger partial charge in [-0.1, -0.05) is 36.4 Å². The zero-order chi connectivity index (χ0) is 18.0. The van der Waals surface area contributed by atoms with Crippen LogP contribution < -0.4 is 4.74 Å². The van der Waals surface area contributed by atoms with Gasteiger partial charge in [-0.3, -0.25) is 0 Å². The number of carboxylic acid groups (broad SMARTS) is 1. The van der Waals surface area contributed by atoms with Crippen LogP contribution in [0.4, 0.5) is 13.2 Å². The van der Waals surface area contributed by atoms with Crippen LogP contribution in [0.15, 0.2) is 53.9 Å². The zero-order valence-corrected chi connectivity index (χ0v) is 13.3. The first-order valence-electron chi connectivity index (χ1n) is 6.98. The Hall–Kier alpha value is -2.87. The molecule has 1 heterocycles. The van der Waals surface area contributed by atoms with Crippen molar-refractivity contribution < 1.29 is 27.8 Å². The fourth-order valence-electron chi connectivity index (χ4n) is 2.24. The van der Waals surface area contributed by atoms with Crippen molar-refractivity contribution in [2.45, 2.75) is 6.36 Å². The maximum atomic E-state index is 12.6. The molecule has 0 saturated carbocycles. The molecular weight excluding hydrogens is 355 g/mol. The molecule has 0 saturated heterocycles. The van der Waals surface area contributed by atoms with Crippen molar-refractivity contribution in [3.63, 3.8) is 0 Å². The van der Waals surface area contributed by atoms with Crippen LogP contribution in [-0.4, -0.2) is 22.4 Å². The molecule has 25 heavy (non-hydrogen) atoms. The van der Waals surface area contributed by atoms with E-state index in [-0.39, 0.29) is 17.0 Å². The minimum absolute atomic E-state index is 0.0776. The third-order valence-corrected chi connectivity index (χ3v) is 4.15. The number of carbonyl (C=O) groups is 1. The molecule has 0 bridgehead atoms. The number of ether oxygens (including phenoxy) is 1. The van der Waals surface area contributed by atoms with E-state index in [4.69, 9.17) is 5.11 Å². The van der Waals surface area contributed by atoms with Gasteiger partial charge in [0.2, 0.25) is 0 Å². The van der Waals surface area contributed by atoms with E-state index in [1.807, 2.05) is 0 Å². The molecule has 8 heteroatoms. The fourth-order valence-corrected chi connectivity index (χ4v) is 3.03. The number of carboxylic acids is 1. The van der Waals surface area contributed by atoms with Crippen molar-refractivity contribution in [2.75, 3.05) is 0 Å². The second-order valence-electron chi connectivity index (χ2n) is 4.97. The molecule has 2 aromatic carbocycles. The Morgan fingerprint density at radius 1 is 1.08 bits per heavy atom. The topological polar surface area (TPSA) is 59.4 Å². The lowest BCUT2D eigenvalue weighted by atomic mass is 10.0. The molecule has 0 aliphatic rings. The van der Waals surface area contributed by atoms with Crippen LogP contribution in [0.1, 0.15) is 10.5 Å². The van der Waals surface area contributed by atoms with Crippen molar-refractivity contribution in [1.82, 2.24) is 4.98 Å². The Kier molecular flexibility index (Phi) is 4.45. The summed E-state index contributed by atoms with van der Waals surface area (Å²) in [6, 6.07) is 12.5. The number of aromatic nitrogens is 1. The Morgan fingerprint density at radius 2 is 1.80 bits per heavy atom. The Balaban J connectivity index is 2.01. The lowest BCUT2D eigenvalue weighted by Gasteiger charge is -2.13. The Bertz CT molecular complexity index is 921. The smallest absolute Gasteiger partial charge is 0.476 e. The first-order chi connectivity index (χ1) is 11.8. The van der Waals surface area contributed by atoms with Crippen molar-refractivity contribution in [1.29, 1.82) is 0 Å². The van der Waals surface area contributed by atoms with Gasteiger partial charge in [0.05, 0.1) is 0 Å². The van der Waals surface area contributed by atoms with Crippen LogP contribution in [0, 0.1) is 0 Å². The van der Waals surface area contributed by atoms with Crippen LogP contribution in [-0.2, 0) is 0 Å². The van der Waals surface area contributed by atoms with Crippen LogP contribution in [0.5, 0.6) is 5.75 Å². The van der Waals surface area contributed by atoms with Gasteiger partial charge in [-0.25, -0.2) is 9.78 Å². The summed E-state index contributed by atoms with van der Waals surface area (Å²) in [4.78, 5) is 14.9. The van der Waals surface area contributed by atoms with Gasteiger partial charge in [0, 0.05) is 16.5 Å². The van der Waals surface area contributed by atoms with E-state index in [9.17, 15) is 18.0 Å². The minimum Gasteiger partial charge on any atom is -0.476 e. The molecule has 128 valence electrons. The third-order valence-electron chi connectivity index (χ3n) is 3.26. The number of para-hydroxylation sites is 1. The molecule has 1 N–H and O–H groups in total. The molecule has 0 atom stereocenters. The van der Waals surface area contributed by atoms with Crippen molar-refractivity contribution >= 4 is 17.3 Å². The SMILES string of the molecule is O=C(O)c1csc(-c2cccc(-c3ccccc3OC(F)(F)F)c2)n1. The van der Waals surface area contributed by atoms with Gasteiger partial charge in [-0.15, -0.1) is 24.5 Å². The van der Waals surface area contributed by atoms with Gasteiger partial charge in [0.15, 0.2) is 5.69 Å². The summed E-state index contributed by atoms with van der Waals surface area (Å²) < 4.78 is 41.8. The number of thiazole rings is 1. The Morgan fingerprint density at radius 3 is 2.48 bits per heavy atom. The summed E-state index contributed by atoms with van der Waals surface area (Å²) in [7, 11) is 0. The molecular formula is C17H10F3NO3S. The van der Waals surface area contributed by atoms with Gasteiger partial charge in [0.1, 0.15) is 10.8 Å². The van der Waals surface area contributed by atoms with Crippen LogP contribution in [0.2, 0.25) is 0 Å². The highest BCUT2D eigenvalue weighted by Crippen LogP contribution is 2.35. The number of aromatic carboxylic acids is 1. The molecule has 3 rings (SSSR count). The number of alkyl halides is 3. The number of hydrogen-bond donors (Lipinski definition) is 1. The van der Waals surface area contributed by atoms with Crippen LogP contribution in [0.3, 0.4) is 0 Å². The molecule has 0 amide bonds. The number of halogens is 3. The molecule has 3 aromatic rings. The average molecular weight is 365 g/mol. The maximum absolute atomic E-state index is 12.6. The van der Waals surface area contributed by atoms with E-state index in [1.165, 1.54) is 23.6 Å². The van der Waals surface area contributed by atoms with Gasteiger partial charge < -0.3 is 9.84 Å². The average Bonchev–Trinajstić information content (AvgIpc) is 3.04. The number of nitrogens with zero attached hydrogens (tertiary/aromatic N) is 1. The van der Waals surface area contributed by atoms with Gasteiger partial charge in [-0.2, -0.15) is 0 Å². The highest BCUT2D eigenvalue weighted by Gasteiger charge is 2.32. The van der Waals surface area contributed by atoms with Crippen molar-refractivity contribution in [2.24, 2.45) is 0 Å². The van der Waals surface area contributed by atoms with E-state index in [2.05, 4.69) is 9.72 Å². The van der Waals surface area contributed by atoms with Gasteiger partial charge in [0.25, 0.3) is 0 Å². The van der Waals surface area contributed by atoms with Crippen molar-refractivity contribution in [3.05, 3.63) is 59.6 Å². The molecule has 0 aliphatic heterocycles. The standard InChI is InChI=1S/C17H10F3NO3S/c18-17(19,20)24-14-7-2-1-6-12(14)10-4-3-5-11(8-10)15-21-13(9-25-15)16(22)23/h1-9H,(H,22,23). The monoisotopic (exact) mass is 365 g/mol. The summed E-state index contributed by atoms with van der Waals surface area (Å²) in [6.07, 6.45) is -4.79. The third kappa shape index (κ3) is 3.97. The Labute approximate surface area is 144 Å². The second kappa shape index (κ2) is 6.56. The van der Waals surface area contributed by atoms with Gasteiger partial charge >= 0.3 is 12.3 Å². The molecule has 0 radical (unpaired) electrons. The molecule has 4 nitrogen and oxygen atoms in total. The lowest BCUT2D eigenvalue weighted by molar-refractivity contribution is -0.274. The predicted molar refractivity (Wildman–Crippen MR) is 86.6 cm³/mol. The molecule has 0 unspecified atom stereocenters. The maximum Gasteiger partial charge on any atom is 0.573 e. The molecule has 0 spiro atoms. The number of benzene rings is 2. The van der Waals surface area contributed by atoms with E-state index >= 15 is 0 Å². The fraction of sp³-hybridized carbons (Fsp3) is 0.0588. The number of rotatable bonds is 4. The molecule has 1 aromatic heterocycles. The molecule has 0 fully saturated rings. The largest absolute Gasteiger partial charge is 0.573 e. The van der Waals surface area contributed by atoms with E-state index < -0.39 is 12.3 Å². The second-order valence-corrected chi connectivity index (χ2v) is 5.83. The lowest BCUT2D eigenvalue weighted by Crippen LogP contribution is -2.17. The molecule has 0 aliphatic carbocycles. The first kappa shape index (κ1) is 17.0. The van der Waals surface area contributed by atoms with Crippen LogP contribution in [0.25, 0.3) is 21.7 Å². The zero-order valence-electron chi connectivity index (χ0n) is 12.4. The summed E-state index contributed by atoms with van der Waals surface area (Å²) in [6.45, 7) is 0. The summed E-state index contributed by atoms with van der Waals surface area (Å²) in [5.41, 5.74) is 1.31. The summed E-state index contributed by atoms with van der Waals surface area (Å²) >= 11 is 1.15.